The molecule has 19 heavy (non-hydrogen) atoms. The topological polar surface area (TPSA) is 60.4 Å². The van der Waals surface area contributed by atoms with Crippen LogP contribution in [0.15, 0.2) is 17.0 Å². The molecule has 1 aromatic rings. The number of benzene rings is 1. The molecule has 0 unspecified atom stereocenters. The van der Waals surface area contributed by atoms with Crippen molar-refractivity contribution in [2.45, 2.75) is 31.6 Å². The Kier molecular flexibility index (Phi) is 3.87. The predicted octanol–water partition coefficient (Wildman–Crippen LogP) is 2.80. The summed E-state index contributed by atoms with van der Waals surface area (Å²) in [4.78, 5) is 11.8. The van der Waals surface area contributed by atoms with Crippen LogP contribution in [0.4, 0.5) is 0 Å². The smallest absolute Gasteiger partial charge is 0.338 e. The average molecular weight is 303 g/mol. The summed E-state index contributed by atoms with van der Waals surface area (Å²) in [6.45, 7) is 3.79. The summed E-state index contributed by atoms with van der Waals surface area (Å²) in [6, 6.07) is 2.90. The number of carbonyl (C=O) groups is 1. The van der Waals surface area contributed by atoms with Gasteiger partial charge >= 0.3 is 5.97 Å². The fraction of sp³-hybridized carbons (Fsp3) is 0.462. The molecule has 0 aromatic heterocycles. The van der Waals surface area contributed by atoms with Crippen molar-refractivity contribution in [2.24, 2.45) is 5.92 Å². The SMILES string of the molecule is Cc1cc(C(=O)OCC2CC2)cc(S(=O)(=O)Cl)c1C. The van der Waals surface area contributed by atoms with E-state index >= 15 is 0 Å². The molecule has 0 saturated heterocycles. The van der Waals surface area contributed by atoms with Gasteiger partial charge in [0.2, 0.25) is 0 Å². The minimum atomic E-state index is -3.87. The van der Waals surface area contributed by atoms with Crippen molar-refractivity contribution in [1.29, 1.82) is 0 Å². The van der Waals surface area contributed by atoms with E-state index in [2.05, 4.69) is 0 Å². The molecule has 0 heterocycles. The molecule has 6 heteroatoms. The van der Waals surface area contributed by atoms with Gasteiger partial charge in [0.1, 0.15) is 0 Å². The highest BCUT2D eigenvalue weighted by atomic mass is 35.7. The zero-order chi connectivity index (χ0) is 14.2. The molecule has 104 valence electrons. The van der Waals surface area contributed by atoms with Crippen LogP contribution >= 0.6 is 10.7 Å². The second-order valence-electron chi connectivity index (χ2n) is 4.90. The molecule has 0 atom stereocenters. The van der Waals surface area contributed by atoms with E-state index in [0.717, 1.165) is 12.8 Å². The maximum Gasteiger partial charge on any atom is 0.338 e. The lowest BCUT2D eigenvalue weighted by molar-refractivity contribution is 0.0485. The van der Waals surface area contributed by atoms with E-state index in [9.17, 15) is 13.2 Å². The Morgan fingerprint density at radius 2 is 2.00 bits per heavy atom. The zero-order valence-corrected chi connectivity index (χ0v) is 12.3. The molecule has 4 nitrogen and oxygen atoms in total. The third-order valence-electron chi connectivity index (χ3n) is 3.27. The van der Waals surface area contributed by atoms with E-state index in [-0.39, 0.29) is 10.5 Å². The molecule has 0 bridgehead atoms. The van der Waals surface area contributed by atoms with Crippen LogP contribution in [0, 0.1) is 19.8 Å². The number of halogens is 1. The number of ether oxygens (including phenoxy) is 1. The maximum atomic E-state index is 11.9. The third-order valence-corrected chi connectivity index (χ3v) is 4.71. The van der Waals surface area contributed by atoms with Crippen LogP contribution in [0.25, 0.3) is 0 Å². The Hall–Kier alpha value is -1.07. The van der Waals surface area contributed by atoms with Gasteiger partial charge in [-0.25, -0.2) is 13.2 Å². The van der Waals surface area contributed by atoms with Crippen LogP contribution in [0.3, 0.4) is 0 Å². The van der Waals surface area contributed by atoms with Crippen molar-refractivity contribution < 1.29 is 17.9 Å². The van der Waals surface area contributed by atoms with E-state index in [1.165, 1.54) is 6.07 Å². The third kappa shape index (κ3) is 3.48. The van der Waals surface area contributed by atoms with Gasteiger partial charge < -0.3 is 4.74 Å². The number of esters is 1. The number of carbonyl (C=O) groups excluding carboxylic acids is 1. The fourth-order valence-electron chi connectivity index (χ4n) is 1.76. The molecule has 0 spiro atoms. The maximum absolute atomic E-state index is 11.9. The van der Waals surface area contributed by atoms with Gasteiger partial charge in [-0.05, 0) is 55.9 Å². The van der Waals surface area contributed by atoms with E-state index < -0.39 is 15.0 Å². The average Bonchev–Trinajstić information content (AvgIpc) is 3.11. The van der Waals surface area contributed by atoms with Crippen LogP contribution in [-0.4, -0.2) is 21.0 Å². The van der Waals surface area contributed by atoms with Gasteiger partial charge in [-0.15, -0.1) is 0 Å². The summed E-state index contributed by atoms with van der Waals surface area (Å²) in [5, 5.41) is 0. The summed E-state index contributed by atoms with van der Waals surface area (Å²) >= 11 is 0. The summed E-state index contributed by atoms with van der Waals surface area (Å²) < 4.78 is 28.1. The quantitative estimate of drug-likeness (QED) is 0.634. The first-order valence-electron chi connectivity index (χ1n) is 6.02. The Morgan fingerprint density at radius 1 is 1.37 bits per heavy atom. The van der Waals surface area contributed by atoms with Gasteiger partial charge in [-0.1, -0.05) is 0 Å². The Bertz CT molecular complexity index is 618. The number of hydrogen-bond donors (Lipinski definition) is 0. The molecular formula is C13H15ClO4S. The monoisotopic (exact) mass is 302 g/mol. The van der Waals surface area contributed by atoms with E-state index in [1.807, 2.05) is 0 Å². The fourth-order valence-corrected chi connectivity index (χ4v) is 3.03. The van der Waals surface area contributed by atoms with Crippen molar-refractivity contribution in [3.63, 3.8) is 0 Å². The van der Waals surface area contributed by atoms with Gasteiger partial charge in [0, 0.05) is 10.7 Å². The molecule has 0 radical (unpaired) electrons. The molecule has 2 rings (SSSR count). The first kappa shape index (κ1) is 14.3. The highest BCUT2D eigenvalue weighted by Crippen LogP contribution is 2.29. The molecular weight excluding hydrogens is 288 g/mol. The molecule has 0 amide bonds. The first-order chi connectivity index (χ1) is 8.79. The lowest BCUT2D eigenvalue weighted by atomic mass is 10.1. The molecule has 1 aliphatic rings. The second-order valence-corrected chi connectivity index (χ2v) is 7.43. The van der Waals surface area contributed by atoms with E-state index in [1.54, 1.807) is 19.9 Å². The Labute approximate surface area is 117 Å². The van der Waals surface area contributed by atoms with Gasteiger partial charge in [-0.2, -0.15) is 0 Å². The van der Waals surface area contributed by atoms with Crippen LogP contribution in [0.2, 0.25) is 0 Å². The number of rotatable bonds is 4. The van der Waals surface area contributed by atoms with Crippen LogP contribution in [0.1, 0.15) is 34.3 Å². The largest absolute Gasteiger partial charge is 0.462 e. The highest BCUT2D eigenvalue weighted by molar-refractivity contribution is 8.13. The standard InChI is InChI=1S/C13H15ClO4S/c1-8-5-11(13(15)18-7-10-3-4-10)6-12(9(8)2)19(14,16)17/h5-6,10H,3-4,7H2,1-2H3. The lowest BCUT2D eigenvalue weighted by Gasteiger charge is -2.09. The summed E-state index contributed by atoms with van der Waals surface area (Å²) in [5.74, 6) is -0.0386. The Morgan fingerprint density at radius 3 is 2.53 bits per heavy atom. The summed E-state index contributed by atoms with van der Waals surface area (Å²) in [7, 11) is 1.50. The van der Waals surface area contributed by atoms with Crippen molar-refractivity contribution >= 4 is 25.7 Å². The normalized spacial score (nSPS) is 15.3. The highest BCUT2D eigenvalue weighted by Gasteiger charge is 2.24. The molecule has 0 N–H and O–H groups in total. The molecule has 1 aromatic carbocycles. The Balaban J connectivity index is 2.30. The number of aryl methyl sites for hydroxylation is 1. The van der Waals surface area contributed by atoms with Crippen LogP contribution < -0.4 is 0 Å². The van der Waals surface area contributed by atoms with Crippen molar-refractivity contribution in [1.82, 2.24) is 0 Å². The molecule has 1 saturated carbocycles. The van der Waals surface area contributed by atoms with Crippen molar-refractivity contribution in [3.05, 3.63) is 28.8 Å². The van der Waals surface area contributed by atoms with E-state index in [0.29, 0.717) is 23.7 Å². The first-order valence-corrected chi connectivity index (χ1v) is 8.33. The summed E-state index contributed by atoms with van der Waals surface area (Å²) in [5.41, 5.74) is 1.47. The summed E-state index contributed by atoms with van der Waals surface area (Å²) in [6.07, 6.45) is 2.17. The zero-order valence-electron chi connectivity index (χ0n) is 10.8. The molecule has 1 aliphatic carbocycles. The number of hydrogen-bond acceptors (Lipinski definition) is 4. The lowest BCUT2D eigenvalue weighted by Crippen LogP contribution is -2.10. The molecule has 0 aliphatic heterocycles. The van der Waals surface area contributed by atoms with Crippen LogP contribution in [-0.2, 0) is 13.8 Å². The van der Waals surface area contributed by atoms with Crippen molar-refractivity contribution in [3.8, 4) is 0 Å². The minimum absolute atomic E-state index is 0.0347. The van der Waals surface area contributed by atoms with Crippen LogP contribution in [0.5, 0.6) is 0 Å². The second kappa shape index (κ2) is 5.13. The minimum Gasteiger partial charge on any atom is -0.462 e. The van der Waals surface area contributed by atoms with Gasteiger partial charge in [0.25, 0.3) is 9.05 Å². The van der Waals surface area contributed by atoms with Gasteiger partial charge in [0.15, 0.2) is 0 Å². The molecule has 1 fully saturated rings. The predicted molar refractivity (Wildman–Crippen MR) is 72.0 cm³/mol. The van der Waals surface area contributed by atoms with E-state index in [4.69, 9.17) is 15.4 Å². The van der Waals surface area contributed by atoms with Gasteiger partial charge in [0.05, 0.1) is 17.1 Å². The van der Waals surface area contributed by atoms with Crippen molar-refractivity contribution in [2.75, 3.05) is 6.61 Å². The van der Waals surface area contributed by atoms with Gasteiger partial charge in [-0.3, -0.25) is 0 Å².